The normalized spacial score (nSPS) is 10.4. The van der Waals surface area contributed by atoms with Gasteiger partial charge in [-0.2, -0.15) is 0 Å². The van der Waals surface area contributed by atoms with Gasteiger partial charge < -0.3 is 15.7 Å². The lowest BCUT2D eigenvalue weighted by molar-refractivity contribution is 0.0793. The Morgan fingerprint density at radius 3 is 2.72 bits per heavy atom. The molecule has 1 aromatic rings. The highest BCUT2D eigenvalue weighted by Gasteiger charge is 2.17. The second-order valence-electron chi connectivity index (χ2n) is 4.22. The number of nitrogens with two attached hydrogens (primary N) is 1. The van der Waals surface area contributed by atoms with Crippen LogP contribution in [-0.4, -0.2) is 36.1 Å². The van der Waals surface area contributed by atoms with Gasteiger partial charge in [0.05, 0.1) is 10.6 Å². The Hall–Kier alpha value is -1.26. The van der Waals surface area contributed by atoms with E-state index in [2.05, 4.69) is 0 Å². The van der Waals surface area contributed by atoms with E-state index in [1.54, 1.807) is 30.1 Å². The molecule has 0 saturated carbocycles. The first-order valence-electron chi connectivity index (χ1n) is 5.98. The van der Waals surface area contributed by atoms with Crippen molar-refractivity contribution >= 4 is 23.2 Å². The van der Waals surface area contributed by atoms with Crippen molar-refractivity contribution in [2.75, 3.05) is 25.9 Å². The van der Waals surface area contributed by atoms with Crippen LogP contribution in [0.25, 0.3) is 0 Å². The molecule has 1 amide bonds. The van der Waals surface area contributed by atoms with Crippen LogP contribution < -0.4 is 5.73 Å². The summed E-state index contributed by atoms with van der Waals surface area (Å²) >= 11 is 5.99. The number of amides is 1. The highest BCUT2D eigenvalue weighted by molar-refractivity contribution is 6.34. The summed E-state index contributed by atoms with van der Waals surface area (Å²) in [6.07, 6.45) is 2.51. The monoisotopic (exact) mass is 270 g/mol. The van der Waals surface area contributed by atoms with E-state index in [1.807, 2.05) is 0 Å². The smallest absolute Gasteiger partial charge is 0.257 e. The molecule has 0 aromatic heterocycles. The molecule has 5 heteroatoms. The molecule has 0 spiro atoms. The maximum atomic E-state index is 12.2. The van der Waals surface area contributed by atoms with Crippen LogP contribution in [0.3, 0.4) is 0 Å². The van der Waals surface area contributed by atoms with Gasteiger partial charge in [-0.1, -0.05) is 17.7 Å². The molecular formula is C13H19ClN2O2. The Balaban J connectivity index is 2.63. The molecule has 0 unspecified atom stereocenters. The van der Waals surface area contributed by atoms with Crippen molar-refractivity contribution in [3.8, 4) is 0 Å². The van der Waals surface area contributed by atoms with Gasteiger partial charge in [0.1, 0.15) is 0 Å². The fourth-order valence-electron chi connectivity index (χ4n) is 1.70. The summed E-state index contributed by atoms with van der Waals surface area (Å²) in [5.74, 6) is -0.165. The highest BCUT2D eigenvalue weighted by atomic mass is 35.5. The summed E-state index contributed by atoms with van der Waals surface area (Å²) in [6, 6.07) is 5.04. The maximum Gasteiger partial charge on any atom is 0.257 e. The van der Waals surface area contributed by atoms with Crippen LogP contribution in [0, 0.1) is 0 Å². The first-order chi connectivity index (χ1) is 8.57. The lowest BCUT2D eigenvalue weighted by Gasteiger charge is -2.18. The van der Waals surface area contributed by atoms with E-state index in [1.165, 1.54) is 0 Å². The van der Waals surface area contributed by atoms with Crippen LogP contribution in [0.2, 0.25) is 5.02 Å². The SMILES string of the molecule is CN(CCCCCO)C(=O)c1c(N)cccc1Cl. The third-order valence-corrected chi connectivity index (χ3v) is 3.07. The molecule has 0 aliphatic heterocycles. The zero-order valence-corrected chi connectivity index (χ0v) is 11.3. The van der Waals surface area contributed by atoms with Gasteiger partial charge in [0, 0.05) is 25.9 Å². The Labute approximate surface area is 112 Å². The Morgan fingerprint density at radius 1 is 1.39 bits per heavy atom. The fraction of sp³-hybridized carbons (Fsp3) is 0.462. The van der Waals surface area contributed by atoms with Gasteiger partial charge in [0.15, 0.2) is 0 Å². The van der Waals surface area contributed by atoms with E-state index >= 15 is 0 Å². The fourth-order valence-corrected chi connectivity index (χ4v) is 1.96. The van der Waals surface area contributed by atoms with Gasteiger partial charge in [0.2, 0.25) is 0 Å². The van der Waals surface area contributed by atoms with Crippen LogP contribution >= 0.6 is 11.6 Å². The van der Waals surface area contributed by atoms with Crippen LogP contribution in [0.4, 0.5) is 5.69 Å². The third kappa shape index (κ3) is 3.89. The molecule has 4 nitrogen and oxygen atoms in total. The second-order valence-corrected chi connectivity index (χ2v) is 4.62. The van der Waals surface area contributed by atoms with Gasteiger partial charge in [-0.15, -0.1) is 0 Å². The largest absolute Gasteiger partial charge is 0.398 e. The molecule has 0 aliphatic rings. The molecule has 0 saturated heterocycles. The van der Waals surface area contributed by atoms with Crippen molar-refractivity contribution in [2.45, 2.75) is 19.3 Å². The molecule has 3 N–H and O–H groups in total. The molecule has 100 valence electrons. The number of hydrogen-bond acceptors (Lipinski definition) is 3. The number of rotatable bonds is 6. The number of nitrogen functional groups attached to an aromatic ring is 1. The van der Waals surface area contributed by atoms with Gasteiger partial charge in [-0.25, -0.2) is 0 Å². The van der Waals surface area contributed by atoms with Gasteiger partial charge in [0.25, 0.3) is 5.91 Å². The van der Waals surface area contributed by atoms with E-state index < -0.39 is 0 Å². The molecule has 0 heterocycles. The number of nitrogens with zero attached hydrogens (tertiary/aromatic N) is 1. The molecular weight excluding hydrogens is 252 g/mol. The van der Waals surface area contributed by atoms with Crippen molar-refractivity contribution in [2.24, 2.45) is 0 Å². The van der Waals surface area contributed by atoms with Gasteiger partial charge in [-0.3, -0.25) is 4.79 Å². The summed E-state index contributed by atoms with van der Waals surface area (Å²) in [6.45, 7) is 0.818. The Morgan fingerprint density at radius 2 is 2.11 bits per heavy atom. The number of aliphatic hydroxyl groups excluding tert-OH is 1. The predicted molar refractivity (Wildman–Crippen MR) is 73.8 cm³/mol. The summed E-state index contributed by atoms with van der Waals surface area (Å²) in [4.78, 5) is 13.8. The minimum atomic E-state index is -0.165. The number of carbonyl (C=O) groups is 1. The summed E-state index contributed by atoms with van der Waals surface area (Å²) < 4.78 is 0. The minimum Gasteiger partial charge on any atom is -0.398 e. The number of benzene rings is 1. The van der Waals surface area contributed by atoms with Crippen molar-refractivity contribution in [1.82, 2.24) is 4.90 Å². The number of aliphatic hydroxyl groups is 1. The average Bonchev–Trinajstić information content (AvgIpc) is 2.34. The molecule has 1 rings (SSSR count). The van der Waals surface area contributed by atoms with Crippen molar-refractivity contribution in [1.29, 1.82) is 0 Å². The van der Waals surface area contributed by atoms with E-state index in [4.69, 9.17) is 22.4 Å². The zero-order chi connectivity index (χ0) is 13.5. The van der Waals surface area contributed by atoms with Crippen LogP contribution in [0.1, 0.15) is 29.6 Å². The van der Waals surface area contributed by atoms with Crippen LogP contribution in [0.5, 0.6) is 0 Å². The first-order valence-corrected chi connectivity index (χ1v) is 6.36. The number of anilines is 1. The quantitative estimate of drug-likeness (QED) is 0.615. The molecule has 0 fully saturated rings. The van der Waals surface area contributed by atoms with E-state index in [-0.39, 0.29) is 12.5 Å². The predicted octanol–water partition coefficient (Wildman–Crippen LogP) is 2.16. The van der Waals surface area contributed by atoms with Gasteiger partial charge in [-0.05, 0) is 31.4 Å². The van der Waals surface area contributed by atoms with Crippen LogP contribution in [-0.2, 0) is 0 Å². The highest BCUT2D eigenvalue weighted by Crippen LogP contribution is 2.23. The Kier molecular flexibility index (Phi) is 5.95. The average molecular weight is 271 g/mol. The van der Waals surface area contributed by atoms with Crippen molar-refractivity contribution in [3.63, 3.8) is 0 Å². The summed E-state index contributed by atoms with van der Waals surface area (Å²) in [7, 11) is 1.73. The number of unbranched alkanes of at least 4 members (excludes halogenated alkanes) is 2. The van der Waals surface area contributed by atoms with Crippen molar-refractivity contribution < 1.29 is 9.90 Å². The topological polar surface area (TPSA) is 66.6 Å². The van der Waals surface area contributed by atoms with E-state index in [9.17, 15) is 4.79 Å². The maximum absolute atomic E-state index is 12.2. The van der Waals surface area contributed by atoms with E-state index in [0.29, 0.717) is 22.8 Å². The summed E-state index contributed by atoms with van der Waals surface area (Å²) in [5, 5.41) is 9.05. The number of halogens is 1. The molecule has 1 aromatic carbocycles. The van der Waals surface area contributed by atoms with Crippen molar-refractivity contribution in [3.05, 3.63) is 28.8 Å². The lowest BCUT2D eigenvalue weighted by Crippen LogP contribution is -2.28. The van der Waals surface area contributed by atoms with Gasteiger partial charge >= 0.3 is 0 Å². The third-order valence-electron chi connectivity index (χ3n) is 2.76. The number of hydrogen-bond donors (Lipinski definition) is 2. The molecule has 0 aliphatic carbocycles. The zero-order valence-electron chi connectivity index (χ0n) is 10.5. The van der Waals surface area contributed by atoms with Crippen LogP contribution in [0.15, 0.2) is 18.2 Å². The molecule has 0 atom stereocenters. The molecule has 0 bridgehead atoms. The summed E-state index contributed by atoms with van der Waals surface area (Å²) in [5.41, 5.74) is 6.53. The second kappa shape index (κ2) is 7.24. The lowest BCUT2D eigenvalue weighted by atomic mass is 10.1. The van der Waals surface area contributed by atoms with E-state index in [0.717, 1.165) is 19.3 Å². The molecule has 18 heavy (non-hydrogen) atoms. The Bertz CT molecular complexity index is 390. The minimum absolute atomic E-state index is 0.165. The first kappa shape index (κ1) is 14.8. The molecule has 0 radical (unpaired) electrons. The number of carbonyl (C=O) groups excluding carboxylic acids is 1. The standard InChI is InChI=1S/C13H19ClN2O2/c1-16(8-3-2-4-9-17)13(18)12-10(14)6-5-7-11(12)15/h5-7,17H,2-4,8-9,15H2,1H3.